The maximum absolute atomic E-state index is 13.4. The van der Waals surface area contributed by atoms with E-state index in [1.165, 1.54) is 17.7 Å². The first kappa shape index (κ1) is 25.5. The van der Waals surface area contributed by atoms with Gasteiger partial charge in [-0.15, -0.1) is 0 Å². The number of aromatic nitrogens is 7. The van der Waals surface area contributed by atoms with Crippen molar-refractivity contribution in [3.8, 4) is 11.1 Å². The fourth-order valence-corrected chi connectivity index (χ4v) is 5.53. The van der Waals surface area contributed by atoms with Gasteiger partial charge < -0.3 is 15.4 Å². The second-order valence-corrected chi connectivity index (χ2v) is 10.8. The molecule has 2 atom stereocenters. The predicted octanol–water partition coefficient (Wildman–Crippen LogP) is 4.00. The number of benzene rings is 1. The van der Waals surface area contributed by atoms with Gasteiger partial charge in [-0.1, -0.05) is 18.2 Å². The van der Waals surface area contributed by atoms with E-state index in [4.69, 9.17) is 10.5 Å². The van der Waals surface area contributed by atoms with Crippen LogP contribution < -0.4 is 10.6 Å². The van der Waals surface area contributed by atoms with Crippen LogP contribution in [0, 0.1) is 5.82 Å². The third-order valence-corrected chi connectivity index (χ3v) is 8.10. The minimum absolute atomic E-state index is 0.293. The molecule has 208 valence electrons. The fraction of sp³-hybridized carbons (Fsp3) is 0.300. The van der Waals surface area contributed by atoms with Crippen LogP contribution in [-0.4, -0.2) is 60.6 Å². The van der Waals surface area contributed by atoms with Crippen LogP contribution in [0.1, 0.15) is 42.6 Å². The van der Waals surface area contributed by atoms with Crippen molar-refractivity contribution >= 4 is 17.0 Å². The lowest BCUT2D eigenvalue weighted by Gasteiger charge is -2.28. The maximum atomic E-state index is 13.4. The third kappa shape index (κ3) is 4.76. The number of hydrogen-bond donors (Lipinski definition) is 1. The molecule has 0 aliphatic carbocycles. The van der Waals surface area contributed by atoms with Crippen LogP contribution in [0.25, 0.3) is 22.2 Å². The van der Waals surface area contributed by atoms with Gasteiger partial charge in [-0.05, 0) is 49.1 Å². The molecular weight excluding hydrogens is 521 g/mol. The van der Waals surface area contributed by atoms with Crippen molar-refractivity contribution in [3.63, 3.8) is 0 Å². The average Bonchev–Trinajstić information content (AvgIpc) is 3.78. The molecule has 11 heteroatoms. The number of hydrogen-bond acceptors (Lipinski definition) is 8. The first-order chi connectivity index (χ1) is 20.0. The highest BCUT2D eigenvalue weighted by molar-refractivity contribution is 5.80. The van der Waals surface area contributed by atoms with E-state index in [0.29, 0.717) is 25.1 Å². The van der Waals surface area contributed by atoms with Crippen LogP contribution in [0.5, 0.6) is 0 Å². The minimum Gasteiger partial charge on any atom is -0.379 e. The number of anilines is 1. The summed E-state index contributed by atoms with van der Waals surface area (Å²) in [6.07, 6.45) is 15.1. The number of rotatable bonds is 6. The summed E-state index contributed by atoms with van der Waals surface area (Å²) >= 11 is 0. The Hall–Kier alpha value is -4.48. The Balaban J connectivity index is 1.09. The first-order valence-corrected chi connectivity index (χ1v) is 13.7. The van der Waals surface area contributed by atoms with Gasteiger partial charge in [-0.25, -0.2) is 23.9 Å². The molecule has 2 aliphatic rings. The van der Waals surface area contributed by atoms with E-state index in [2.05, 4.69) is 48.4 Å². The van der Waals surface area contributed by atoms with Crippen LogP contribution >= 0.6 is 0 Å². The van der Waals surface area contributed by atoms with Gasteiger partial charge >= 0.3 is 0 Å². The van der Waals surface area contributed by atoms with Gasteiger partial charge in [0, 0.05) is 61.2 Å². The molecule has 1 fully saturated rings. The summed E-state index contributed by atoms with van der Waals surface area (Å²) in [5.74, 6) is 0.345. The Morgan fingerprint density at radius 1 is 1.00 bits per heavy atom. The molecule has 0 spiro atoms. The zero-order chi connectivity index (χ0) is 28.0. The summed E-state index contributed by atoms with van der Waals surface area (Å²) in [5.41, 5.74) is 12.5. The Morgan fingerprint density at radius 2 is 1.83 bits per heavy atom. The summed E-state index contributed by atoms with van der Waals surface area (Å²) in [6.45, 7) is 4.77. The lowest BCUT2D eigenvalue weighted by molar-refractivity contribution is 0.184. The lowest BCUT2D eigenvalue weighted by atomic mass is 9.87. The molecule has 0 saturated carbocycles. The molecule has 10 nitrogen and oxygen atoms in total. The third-order valence-electron chi connectivity index (χ3n) is 8.10. The van der Waals surface area contributed by atoms with Crippen LogP contribution in [0.2, 0.25) is 0 Å². The molecule has 1 saturated heterocycles. The maximum Gasteiger partial charge on any atom is 0.225 e. The van der Waals surface area contributed by atoms with Gasteiger partial charge in [0.15, 0.2) is 0 Å². The predicted molar refractivity (Wildman–Crippen MR) is 153 cm³/mol. The summed E-state index contributed by atoms with van der Waals surface area (Å²) in [5, 5.41) is 9.03. The van der Waals surface area contributed by atoms with E-state index in [0.717, 1.165) is 59.5 Å². The van der Waals surface area contributed by atoms with Gasteiger partial charge in [0.05, 0.1) is 35.6 Å². The van der Waals surface area contributed by atoms with Crippen molar-refractivity contribution in [3.05, 3.63) is 96.4 Å². The topological polar surface area (TPSA) is 112 Å². The second kappa shape index (κ2) is 10.2. The van der Waals surface area contributed by atoms with E-state index in [1.807, 2.05) is 28.5 Å². The number of nitrogens with zero attached hydrogens (tertiary/aromatic N) is 8. The SMILES string of the molecule is C[C@](N)(c1ccc(F)cc1)c1cnc(N2CC=C(c3ncnn4cc(-c5cnn([C@@H]6CCOC6)c5)cc34)CC2)nc1. The number of halogens is 1. The monoisotopic (exact) mass is 551 g/mol. The molecule has 1 aromatic carbocycles. The first-order valence-electron chi connectivity index (χ1n) is 13.7. The zero-order valence-electron chi connectivity index (χ0n) is 22.7. The minimum atomic E-state index is -0.834. The molecule has 0 bridgehead atoms. The Kier molecular flexibility index (Phi) is 6.32. The molecule has 41 heavy (non-hydrogen) atoms. The van der Waals surface area contributed by atoms with Crippen molar-refractivity contribution in [2.45, 2.75) is 31.3 Å². The molecule has 0 radical (unpaired) electrons. The summed E-state index contributed by atoms with van der Waals surface area (Å²) in [6, 6.07) is 8.62. The summed E-state index contributed by atoms with van der Waals surface area (Å²) in [7, 11) is 0. The van der Waals surface area contributed by atoms with E-state index < -0.39 is 5.54 Å². The largest absolute Gasteiger partial charge is 0.379 e. The molecule has 2 aliphatic heterocycles. The average molecular weight is 552 g/mol. The molecule has 4 aromatic heterocycles. The molecule has 7 rings (SSSR count). The van der Waals surface area contributed by atoms with Crippen LogP contribution in [0.4, 0.5) is 10.3 Å². The fourth-order valence-electron chi connectivity index (χ4n) is 5.53. The number of nitrogens with two attached hydrogens (primary N) is 1. The van der Waals surface area contributed by atoms with E-state index >= 15 is 0 Å². The lowest BCUT2D eigenvalue weighted by Crippen LogP contribution is -2.35. The highest BCUT2D eigenvalue weighted by Crippen LogP contribution is 2.31. The number of ether oxygens (including phenoxy) is 1. The van der Waals surface area contributed by atoms with Crippen molar-refractivity contribution in [1.29, 1.82) is 0 Å². The van der Waals surface area contributed by atoms with Gasteiger partial charge in [-0.3, -0.25) is 4.68 Å². The Labute approximate surface area is 236 Å². The highest BCUT2D eigenvalue weighted by Gasteiger charge is 2.26. The molecule has 2 N–H and O–H groups in total. The van der Waals surface area contributed by atoms with Gasteiger partial charge in [0.2, 0.25) is 5.95 Å². The zero-order valence-corrected chi connectivity index (χ0v) is 22.7. The molecular formula is C30H30FN9O. The Bertz CT molecular complexity index is 1720. The highest BCUT2D eigenvalue weighted by atomic mass is 19.1. The van der Waals surface area contributed by atoms with Gasteiger partial charge in [0.25, 0.3) is 0 Å². The van der Waals surface area contributed by atoms with Crippen molar-refractivity contribution in [2.24, 2.45) is 5.73 Å². The van der Waals surface area contributed by atoms with Crippen molar-refractivity contribution in [1.82, 2.24) is 34.3 Å². The standard InChI is InChI=1S/C30H30FN9O/c1-30(32,23-2-4-25(31)5-3-23)24-14-33-29(34-15-24)38-9-6-20(7-10-38)28-27-12-21(16-40(27)37-19-35-28)22-13-36-39(17-22)26-8-11-41-18-26/h2-6,12-17,19,26H,7-11,18,32H2,1H3/t26-,30+/m1/s1. The van der Waals surface area contributed by atoms with E-state index in [9.17, 15) is 4.39 Å². The van der Waals surface area contributed by atoms with Gasteiger partial charge in [-0.2, -0.15) is 10.2 Å². The van der Waals surface area contributed by atoms with E-state index in [-0.39, 0.29) is 5.82 Å². The second-order valence-electron chi connectivity index (χ2n) is 10.8. The molecule has 0 amide bonds. The molecule has 0 unspecified atom stereocenters. The van der Waals surface area contributed by atoms with Crippen molar-refractivity contribution in [2.75, 3.05) is 31.2 Å². The number of fused-ring (bicyclic) bond motifs is 1. The van der Waals surface area contributed by atoms with Crippen molar-refractivity contribution < 1.29 is 9.13 Å². The Morgan fingerprint density at radius 3 is 2.56 bits per heavy atom. The normalized spacial score (nSPS) is 19.0. The smallest absolute Gasteiger partial charge is 0.225 e. The quantitative estimate of drug-likeness (QED) is 0.337. The van der Waals surface area contributed by atoms with Gasteiger partial charge in [0.1, 0.15) is 12.1 Å². The summed E-state index contributed by atoms with van der Waals surface area (Å²) < 4.78 is 22.8. The van der Waals surface area contributed by atoms with Crippen LogP contribution in [0.3, 0.4) is 0 Å². The van der Waals surface area contributed by atoms with Crippen LogP contribution in [-0.2, 0) is 10.3 Å². The molecule has 5 aromatic rings. The van der Waals surface area contributed by atoms with E-state index in [1.54, 1.807) is 30.9 Å². The molecule has 6 heterocycles. The van der Waals surface area contributed by atoms with Crippen LogP contribution in [0.15, 0.2) is 73.7 Å². The summed E-state index contributed by atoms with van der Waals surface area (Å²) in [4.78, 5) is 16.0.